The molecular formula is C11H13NO3. The molecule has 15 heavy (non-hydrogen) atoms. The van der Waals surface area contributed by atoms with Crippen LogP contribution in [0.5, 0.6) is 5.75 Å². The summed E-state index contributed by atoms with van der Waals surface area (Å²) in [7, 11) is 0. The zero-order chi connectivity index (χ0) is 11.1. The largest absolute Gasteiger partial charge is 0.508 e. The lowest BCUT2D eigenvalue weighted by Gasteiger charge is -2.31. The van der Waals surface area contributed by atoms with Gasteiger partial charge in [-0.25, -0.2) is 0 Å². The zero-order valence-corrected chi connectivity index (χ0v) is 8.23. The second-order valence-electron chi connectivity index (χ2n) is 4.05. The fourth-order valence-electron chi connectivity index (χ4n) is 2.00. The van der Waals surface area contributed by atoms with Crippen molar-refractivity contribution >= 4 is 5.97 Å². The maximum absolute atomic E-state index is 11.0. The summed E-state index contributed by atoms with van der Waals surface area (Å²) in [6.07, 6.45) is 1.22. The molecule has 1 atom stereocenters. The van der Waals surface area contributed by atoms with E-state index in [2.05, 4.69) is 0 Å². The van der Waals surface area contributed by atoms with Crippen molar-refractivity contribution < 1.29 is 15.0 Å². The maximum atomic E-state index is 11.0. The molecule has 0 heterocycles. The van der Waals surface area contributed by atoms with Gasteiger partial charge in [-0.05, 0) is 30.0 Å². The number of benzene rings is 1. The Morgan fingerprint density at radius 2 is 2.20 bits per heavy atom. The minimum absolute atomic E-state index is 0.142. The van der Waals surface area contributed by atoms with E-state index in [1.165, 1.54) is 0 Å². The number of nitrogens with two attached hydrogens (primary N) is 1. The van der Waals surface area contributed by atoms with Crippen molar-refractivity contribution in [2.75, 3.05) is 0 Å². The monoisotopic (exact) mass is 207 g/mol. The lowest BCUT2D eigenvalue weighted by Crippen LogP contribution is -2.52. The number of carboxylic acid groups (broad SMARTS) is 1. The van der Waals surface area contributed by atoms with E-state index in [-0.39, 0.29) is 12.2 Å². The van der Waals surface area contributed by atoms with Crippen molar-refractivity contribution in [2.24, 2.45) is 5.73 Å². The number of aliphatic carboxylic acids is 1. The van der Waals surface area contributed by atoms with Gasteiger partial charge >= 0.3 is 5.97 Å². The molecule has 0 amide bonds. The van der Waals surface area contributed by atoms with Gasteiger partial charge < -0.3 is 15.9 Å². The van der Waals surface area contributed by atoms with E-state index >= 15 is 0 Å². The fourth-order valence-corrected chi connectivity index (χ4v) is 2.00. The number of fused-ring (bicyclic) bond motifs is 1. The SMILES string of the molecule is N[C@]1(C(=O)O)CCc2cccc(O)c2C1. The van der Waals surface area contributed by atoms with Gasteiger partial charge in [-0.2, -0.15) is 0 Å². The Bertz CT molecular complexity index is 416. The highest BCUT2D eigenvalue weighted by Gasteiger charge is 2.38. The molecule has 0 unspecified atom stereocenters. The van der Waals surface area contributed by atoms with Crippen LogP contribution in [0.1, 0.15) is 17.5 Å². The Hall–Kier alpha value is -1.55. The number of hydrogen-bond acceptors (Lipinski definition) is 3. The van der Waals surface area contributed by atoms with Crippen molar-refractivity contribution in [3.63, 3.8) is 0 Å². The van der Waals surface area contributed by atoms with E-state index in [1.54, 1.807) is 12.1 Å². The van der Waals surface area contributed by atoms with Crippen molar-refractivity contribution in [1.82, 2.24) is 0 Å². The lowest BCUT2D eigenvalue weighted by molar-refractivity contribution is -0.143. The van der Waals surface area contributed by atoms with Crippen molar-refractivity contribution in [2.45, 2.75) is 24.8 Å². The van der Waals surface area contributed by atoms with Gasteiger partial charge in [0, 0.05) is 6.42 Å². The highest BCUT2D eigenvalue weighted by atomic mass is 16.4. The third-order valence-corrected chi connectivity index (χ3v) is 3.01. The summed E-state index contributed by atoms with van der Waals surface area (Å²) in [5, 5.41) is 18.6. The standard InChI is InChI=1S/C11H13NO3/c12-11(10(14)15)5-4-7-2-1-3-9(13)8(7)6-11/h1-3,13H,4-6,12H2,(H,14,15)/t11-/m1/s1. The summed E-state index contributed by atoms with van der Waals surface area (Å²) in [6, 6.07) is 5.22. The van der Waals surface area contributed by atoms with Crippen molar-refractivity contribution in [1.29, 1.82) is 0 Å². The second-order valence-corrected chi connectivity index (χ2v) is 4.05. The number of rotatable bonds is 1. The number of phenols is 1. The number of hydrogen-bond donors (Lipinski definition) is 3. The van der Waals surface area contributed by atoms with Gasteiger partial charge in [0.15, 0.2) is 0 Å². The number of carboxylic acids is 1. The van der Waals surface area contributed by atoms with Crippen molar-refractivity contribution in [3.8, 4) is 5.75 Å². The average molecular weight is 207 g/mol. The predicted octanol–water partition coefficient (Wildman–Crippen LogP) is 0.663. The average Bonchev–Trinajstić information content (AvgIpc) is 2.19. The molecule has 80 valence electrons. The van der Waals surface area contributed by atoms with Crippen LogP contribution in [0.2, 0.25) is 0 Å². The van der Waals surface area contributed by atoms with Gasteiger partial charge in [0.25, 0.3) is 0 Å². The van der Waals surface area contributed by atoms with Crippen LogP contribution in [-0.4, -0.2) is 21.7 Å². The van der Waals surface area contributed by atoms with Gasteiger partial charge in [0.2, 0.25) is 0 Å². The number of phenolic OH excluding ortho intramolecular Hbond substituents is 1. The Labute approximate surface area is 87.3 Å². The van der Waals surface area contributed by atoms with E-state index in [0.717, 1.165) is 5.56 Å². The third kappa shape index (κ3) is 1.57. The summed E-state index contributed by atoms with van der Waals surface area (Å²) in [6.45, 7) is 0. The molecule has 1 aromatic carbocycles. The summed E-state index contributed by atoms with van der Waals surface area (Å²) < 4.78 is 0. The first kappa shape index (κ1) is 9.98. The maximum Gasteiger partial charge on any atom is 0.324 e. The zero-order valence-electron chi connectivity index (χ0n) is 8.23. The molecule has 1 aliphatic carbocycles. The number of aromatic hydroxyl groups is 1. The molecule has 0 saturated heterocycles. The van der Waals surface area contributed by atoms with E-state index < -0.39 is 11.5 Å². The molecule has 0 bridgehead atoms. The normalized spacial score (nSPS) is 24.6. The summed E-state index contributed by atoms with van der Waals surface area (Å²) in [4.78, 5) is 11.0. The molecule has 0 aliphatic heterocycles. The van der Waals surface area contributed by atoms with E-state index in [1.807, 2.05) is 6.07 Å². The van der Waals surface area contributed by atoms with Crippen LogP contribution >= 0.6 is 0 Å². The Kier molecular flexibility index (Phi) is 2.16. The summed E-state index contributed by atoms with van der Waals surface area (Å²) >= 11 is 0. The summed E-state index contributed by atoms with van der Waals surface area (Å²) in [5.41, 5.74) is 6.22. The highest BCUT2D eigenvalue weighted by molar-refractivity contribution is 5.79. The van der Waals surface area contributed by atoms with Crippen LogP contribution in [0.3, 0.4) is 0 Å². The van der Waals surface area contributed by atoms with Crippen LogP contribution in [0.4, 0.5) is 0 Å². The fraction of sp³-hybridized carbons (Fsp3) is 0.364. The number of aryl methyl sites for hydroxylation is 1. The van der Waals surface area contributed by atoms with Gasteiger partial charge in [-0.3, -0.25) is 4.79 Å². The first-order valence-electron chi connectivity index (χ1n) is 4.85. The lowest BCUT2D eigenvalue weighted by atomic mass is 9.78. The molecule has 1 aliphatic rings. The molecule has 0 aromatic heterocycles. The molecular weight excluding hydrogens is 194 g/mol. The highest BCUT2D eigenvalue weighted by Crippen LogP contribution is 2.32. The Morgan fingerprint density at radius 1 is 1.47 bits per heavy atom. The third-order valence-electron chi connectivity index (χ3n) is 3.01. The molecule has 4 N–H and O–H groups in total. The minimum Gasteiger partial charge on any atom is -0.508 e. The molecule has 0 fully saturated rings. The summed E-state index contributed by atoms with van der Waals surface area (Å²) in [5.74, 6) is -0.861. The van der Waals surface area contributed by atoms with Gasteiger partial charge in [-0.15, -0.1) is 0 Å². The van der Waals surface area contributed by atoms with E-state index in [0.29, 0.717) is 18.4 Å². The molecule has 0 saturated carbocycles. The smallest absolute Gasteiger partial charge is 0.324 e. The van der Waals surface area contributed by atoms with Crippen LogP contribution in [0.25, 0.3) is 0 Å². The van der Waals surface area contributed by atoms with Crippen LogP contribution in [-0.2, 0) is 17.6 Å². The molecule has 1 aromatic rings. The first-order valence-corrected chi connectivity index (χ1v) is 4.85. The molecule has 0 spiro atoms. The first-order chi connectivity index (χ1) is 7.03. The topological polar surface area (TPSA) is 83.6 Å². The Morgan fingerprint density at radius 3 is 2.87 bits per heavy atom. The van der Waals surface area contributed by atoms with E-state index in [4.69, 9.17) is 10.8 Å². The quantitative estimate of drug-likeness (QED) is 0.631. The molecule has 2 rings (SSSR count). The number of carbonyl (C=O) groups is 1. The predicted molar refractivity (Wildman–Crippen MR) is 54.7 cm³/mol. The molecule has 4 heteroatoms. The van der Waals surface area contributed by atoms with Crippen LogP contribution in [0, 0.1) is 0 Å². The van der Waals surface area contributed by atoms with Gasteiger partial charge in [-0.1, -0.05) is 12.1 Å². The van der Waals surface area contributed by atoms with Crippen LogP contribution in [0.15, 0.2) is 18.2 Å². The Balaban J connectivity index is 2.42. The van der Waals surface area contributed by atoms with Gasteiger partial charge in [0.05, 0.1) is 0 Å². The second kappa shape index (κ2) is 3.24. The van der Waals surface area contributed by atoms with E-state index in [9.17, 15) is 9.90 Å². The van der Waals surface area contributed by atoms with Gasteiger partial charge in [0.1, 0.15) is 11.3 Å². The minimum atomic E-state index is -1.23. The molecule has 4 nitrogen and oxygen atoms in total. The molecule has 0 radical (unpaired) electrons. The van der Waals surface area contributed by atoms with Crippen LogP contribution < -0.4 is 5.73 Å². The van der Waals surface area contributed by atoms with Crippen molar-refractivity contribution in [3.05, 3.63) is 29.3 Å².